The molecule has 0 N–H and O–H groups in total. The minimum atomic E-state index is 0.565. The van der Waals surface area contributed by atoms with Crippen LogP contribution in [0.4, 0.5) is 0 Å². The fourth-order valence-electron chi connectivity index (χ4n) is 1.91. The van der Waals surface area contributed by atoms with Crippen molar-refractivity contribution in [3.05, 3.63) is 23.8 Å². The van der Waals surface area contributed by atoms with Crippen molar-refractivity contribution >= 4 is 6.29 Å². The van der Waals surface area contributed by atoms with Gasteiger partial charge in [-0.1, -0.05) is 12.5 Å². The first kappa shape index (κ1) is 12.0. The molecule has 2 rings (SSSR count). The number of hydrogen-bond donors (Lipinski definition) is 0. The fraction of sp³-hybridized carbons (Fsp3) is 0.500. The minimum Gasteiger partial charge on any atom is -0.490 e. The van der Waals surface area contributed by atoms with E-state index >= 15 is 0 Å². The van der Waals surface area contributed by atoms with Crippen LogP contribution in [0, 0.1) is 5.92 Å². The molecular weight excluding hydrogens is 216 g/mol. The molecule has 0 amide bonds. The van der Waals surface area contributed by atoms with Crippen LogP contribution in [0.2, 0.25) is 0 Å². The van der Waals surface area contributed by atoms with Gasteiger partial charge < -0.3 is 9.47 Å². The average Bonchev–Trinajstić information content (AvgIpc) is 2.29. The van der Waals surface area contributed by atoms with Crippen LogP contribution < -0.4 is 9.47 Å². The van der Waals surface area contributed by atoms with E-state index in [2.05, 4.69) is 0 Å². The number of para-hydroxylation sites is 1. The van der Waals surface area contributed by atoms with Gasteiger partial charge in [-0.15, -0.1) is 0 Å². The molecular formula is C14H18O3. The van der Waals surface area contributed by atoms with Crippen molar-refractivity contribution < 1.29 is 14.3 Å². The van der Waals surface area contributed by atoms with Gasteiger partial charge in [0.25, 0.3) is 0 Å². The van der Waals surface area contributed by atoms with Gasteiger partial charge in [-0.25, -0.2) is 0 Å². The monoisotopic (exact) mass is 234 g/mol. The molecule has 17 heavy (non-hydrogen) atoms. The summed E-state index contributed by atoms with van der Waals surface area (Å²) in [5, 5.41) is 0. The Labute approximate surface area is 102 Å². The van der Waals surface area contributed by atoms with Crippen LogP contribution in [0.5, 0.6) is 11.5 Å². The maximum atomic E-state index is 11.0. The van der Waals surface area contributed by atoms with E-state index in [4.69, 9.17) is 9.47 Å². The lowest BCUT2D eigenvalue weighted by molar-refractivity contribution is 0.111. The number of rotatable bonds is 6. The highest BCUT2D eigenvalue weighted by Gasteiger charge is 2.19. The summed E-state index contributed by atoms with van der Waals surface area (Å²) in [4.78, 5) is 11.0. The number of carbonyl (C=O) groups is 1. The molecule has 0 aromatic heterocycles. The molecule has 0 radical (unpaired) electrons. The van der Waals surface area contributed by atoms with Crippen LogP contribution in [0.25, 0.3) is 0 Å². The van der Waals surface area contributed by atoms with E-state index in [1.807, 2.05) is 19.1 Å². The van der Waals surface area contributed by atoms with Gasteiger partial charge in [0.05, 0.1) is 18.8 Å². The molecule has 0 saturated heterocycles. The van der Waals surface area contributed by atoms with Crippen LogP contribution in [-0.2, 0) is 0 Å². The summed E-state index contributed by atoms with van der Waals surface area (Å²) in [6, 6.07) is 5.41. The first-order chi connectivity index (χ1) is 8.35. The lowest BCUT2D eigenvalue weighted by Crippen LogP contribution is -2.20. The molecule has 1 aromatic rings. The van der Waals surface area contributed by atoms with Crippen molar-refractivity contribution in [3.8, 4) is 11.5 Å². The highest BCUT2D eigenvalue weighted by molar-refractivity contribution is 5.81. The molecule has 0 unspecified atom stereocenters. The van der Waals surface area contributed by atoms with E-state index in [0.29, 0.717) is 36.2 Å². The van der Waals surface area contributed by atoms with Gasteiger partial charge in [-0.3, -0.25) is 4.79 Å². The summed E-state index contributed by atoms with van der Waals surface area (Å²) in [5.41, 5.74) is 0.565. The van der Waals surface area contributed by atoms with E-state index in [9.17, 15) is 4.79 Å². The molecule has 0 spiro atoms. The molecule has 1 aromatic carbocycles. The Kier molecular flexibility index (Phi) is 4.02. The quantitative estimate of drug-likeness (QED) is 0.709. The van der Waals surface area contributed by atoms with Crippen LogP contribution in [0.15, 0.2) is 18.2 Å². The van der Waals surface area contributed by atoms with Gasteiger partial charge in [0.15, 0.2) is 17.8 Å². The molecule has 3 nitrogen and oxygen atoms in total. The molecule has 3 heteroatoms. The number of carbonyl (C=O) groups excluding carboxylic acids is 1. The molecule has 1 fully saturated rings. The van der Waals surface area contributed by atoms with Crippen molar-refractivity contribution in [1.29, 1.82) is 0 Å². The number of ether oxygens (including phenoxy) is 2. The topological polar surface area (TPSA) is 35.5 Å². The van der Waals surface area contributed by atoms with Crippen molar-refractivity contribution in [2.75, 3.05) is 13.2 Å². The second kappa shape index (κ2) is 5.71. The zero-order valence-electron chi connectivity index (χ0n) is 10.1. The third-order valence-electron chi connectivity index (χ3n) is 3.12. The minimum absolute atomic E-state index is 0.565. The van der Waals surface area contributed by atoms with Gasteiger partial charge in [0, 0.05) is 0 Å². The normalized spacial score (nSPS) is 15.1. The van der Waals surface area contributed by atoms with E-state index in [0.717, 1.165) is 6.29 Å². The van der Waals surface area contributed by atoms with E-state index < -0.39 is 0 Å². The first-order valence-electron chi connectivity index (χ1n) is 6.19. The van der Waals surface area contributed by atoms with Crippen molar-refractivity contribution in [1.82, 2.24) is 0 Å². The SMILES string of the molecule is CCOc1cccc(C=O)c1OCC1CCC1. The Morgan fingerprint density at radius 1 is 1.35 bits per heavy atom. The van der Waals surface area contributed by atoms with E-state index in [1.54, 1.807) is 6.07 Å². The summed E-state index contributed by atoms with van der Waals surface area (Å²) < 4.78 is 11.2. The maximum absolute atomic E-state index is 11.0. The van der Waals surface area contributed by atoms with Gasteiger partial charge in [-0.05, 0) is 37.8 Å². The van der Waals surface area contributed by atoms with Gasteiger partial charge in [0.2, 0.25) is 0 Å². The first-order valence-corrected chi connectivity index (χ1v) is 6.19. The Balaban J connectivity index is 2.11. The molecule has 92 valence electrons. The highest BCUT2D eigenvalue weighted by atomic mass is 16.5. The lowest BCUT2D eigenvalue weighted by atomic mass is 9.86. The predicted octanol–water partition coefficient (Wildman–Crippen LogP) is 3.08. The molecule has 1 aliphatic rings. The molecule has 1 saturated carbocycles. The summed E-state index contributed by atoms with van der Waals surface area (Å²) in [6.45, 7) is 3.18. The largest absolute Gasteiger partial charge is 0.490 e. The zero-order chi connectivity index (χ0) is 12.1. The van der Waals surface area contributed by atoms with E-state index in [1.165, 1.54) is 19.3 Å². The Morgan fingerprint density at radius 3 is 2.76 bits per heavy atom. The van der Waals surface area contributed by atoms with Crippen molar-refractivity contribution in [2.24, 2.45) is 5.92 Å². The smallest absolute Gasteiger partial charge is 0.171 e. The molecule has 0 atom stereocenters. The van der Waals surface area contributed by atoms with Crippen LogP contribution >= 0.6 is 0 Å². The summed E-state index contributed by atoms with van der Waals surface area (Å²) in [7, 11) is 0. The summed E-state index contributed by atoms with van der Waals surface area (Å²) in [6.07, 6.45) is 4.57. The molecule has 0 aliphatic heterocycles. The Morgan fingerprint density at radius 2 is 2.18 bits per heavy atom. The number of benzene rings is 1. The maximum Gasteiger partial charge on any atom is 0.171 e. The zero-order valence-corrected chi connectivity index (χ0v) is 10.1. The number of aldehydes is 1. The standard InChI is InChI=1S/C14H18O3/c1-2-16-13-8-4-7-12(9-15)14(13)17-10-11-5-3-6-11/h4,7-9,11H,2-3,5-6,10H2,1H3. The van der Waals surface area contributed by atoms with Gasteiger partial charge in [0.1, 0.15) is 0 Å². The van der Waals surface area contributed by atoms with Gasteiger partial charge >= 0.3 is 0 Å². The Bertz CT molecular complexity index is 383. The van der Waals surface area contributed by atoms with Crippen LogP contribution in [0.1, 0.15) is 36.5 Å². The van der Waals surface area contributed by atoms with Gasteiger partial charge in [-0.2, -0.15) is 0 Å². The average molecular weight is 234 g/mol. The Hall–Kier alpha value is -1.51. The fourth-order valence-corrected chi connectivity index (χ4v) is 1.91. The number of hydrogen-bond acceptors (Lipinski definition) is 3. The van der Waals surface area contributed by atoms with Crippen LogP contribution in [0.3, 0.4) is 0 Å². The van der Waals surface area contributed by atoms with Crippen molar-refractivity contribution in [2.45, 2.75) is 26.2 Å². The summed E-state index contributed by atoms with van der Waals surface area (Å²) in [5.74, 6) is 1.90. The third kappa shape index (κ3) is 2.78. The summed E-state index contributed by atoms with van der Waals surface area (Å²) >= 11 is 0. The second-order valence-electron chi connectivity index (χ2n) is 4.33. The lowest BCUT2D eigenvalue weighted by Gasteiger charge is -2.26. The molecule has 0 heterocycles. The molecule has 1 aliphatic carbocycles. The molecule has 0 bridgehead atoms. The third-order valence-corrected chi connectivity index (χ3v) is 3.12. The van der Waals surface area contributed by atoms with Crippen LogP contribution in [-0.4, -0.2) is 19.5 Å². The highest BCUT2D eigenvalue weighted by Crippen LogP contribution is 2.33. The second-order valence-corrected chi connectivity index (χ2v) is 4.33. The van der Waals surface area contributed by atoms with E-state index in [-0.39, 0.29) is 0 Å². The van der Waals surface area contributed by atoms with Crippen molar-refractivity contribution in [3.63, 3.8) is 0 Å². The predicted molar refractivity (Wildman–Crippen MR) is 65.8 cm³/mol.